The molecule has 6 nitrogen and oxygen atoms in total. The summed E-state index contributed by atoms with van der Waals surface area (Å²) >= 11 is 0. The summed E-state index contributed by atoms with van der Waals surface area (Å²) in [4.78, 5) is 38.1. The Morgan fingerprint density at radius 1 is 0.288 bits per heavy atom. The Kier molecular flexibility index (Phi) is 53.0. The third kappa shape index (κ3) is 53.4. The molecule has 66 heavy (non-hydrogen) atoms. The second-order valence-electron chi connectivity index (χ2n) is 21.1. The smallest absolute Gasteiger partial charge is 0.306 e. The van der Waals surface area contributed by atoms with E-state index in [0.29, 0.717) is 19.3 Å². The number of hydrogen-bond acceptors (Lipinski definition) is 6. The third-order valence-electron chi connectivity index (χ3n) is 13.8. The predicted octanol–water partition coefficient (Wildman–Crippen LogP) is 19.8. The van der Waals surface area contributed by atoms with Crippen molar-refractivity contribution < 1.29 is 28.6 Å². The molecule has 0 radical (unpaired) electrons. The zero-order chi connectivity index (χ0) is 48.1. The van der Waals surface area contributed by atoms with Crippen LogP contribution in [0.2, 0.25) is 0 Å². The first-order valence-corrected chi connectivity index (χ1v) is 29.9. The average molecular weight is 934 g/mol. The number of carbonyl (C=O) groups is 3. The van der Waals surface area contributed by atoms with Gasteiger partial charge in [-0.15, -0.1) is 0 Å². The van der Waals surface area contributed by atoms with Crippen molar-refractivity contribution in [1.82, 2.24) is 0 Å². The summed E-state index contributed by atoms with van der Waals surface area (Å²) in [6, 6.07) is 0. The van der Waals surface area contributed by atoms with Crippen LogP contribution in [0.25, 0.3) is 0 Å². The van der Waals surface area contributed by atoms with E-state index in [0.717, 1.165) is 63.7 Å². The van der Waals surface area contributed by atoms with Gasteiger partial charge in [0.05, 0.1) is 0 Å². The summed E-state index contributed by atoms with van der Waals surface area (Å²) in [5.41, 5.74) is 0. The van der Waals surface area contributed by atoms with Crippen LogP contribution in [0.15, 0.2) is 0 Å². The van der Waals surface area contributed by atoms with Crippen LogP contribution in [0.3, 0.4) is 0 Å². The summed E-state index contributed by atoms with van der Waals surface area (Å²) in [6.07, 6.45) is 59.6. The lowest BCUT2D eigenvalue weighted by Gasteiger charge is -2.18. The Bertz CT molecular complexity index is 996. The van der Waals surface area contributed by atoms with Crippen molar-refractivity contribution in [3.63, 3.8) is 0 Å². The molecule has 0 heterocycles. The molecule has 0 aromatic carbocycles. The SMILES string of the molecule is CCCCCCCCCCCCCCCCCCCCCC(=O)O[C@@H](COC(=O)CCCCCCCCCCCCCCCCCCCC)COC(=O)CCCCCCCCCCC(C)C. The lowest BCUT2D eigenvalue weighted by atomic mass is 10.0. The zero-order valence-corrected chi connectivity index (χ0v) is 45.2. The van der Waals surface area contributed by atoms with Crippen LogP contribution >= 0.6 is 0 Å². The van der Waals surface area contributed by atoms with E-state index in [4.69, 9.17) is 14.2 Å². The number of rotatable bonds is 55. The molecular formula is C60H116O6. The Morgan fingerprint density at radius 3 is 0.742 bits per heavy atom. The van der Waals surface area contributed by atoms with Crippen LogP contribution in [0.1, 0.15) is 342 Å². The number of carbonyl (C=O) groups excluding carboxylic acids is 3. The van der Waals surface area contributed by atoms with Gasteiger partial charge in [0.2, 0.25) is 0 Å². The van der Waals surface area contributed by atoms with Crippen LogP contribution in [-0.4, -0.2) is 37.2 Å². The number of esters is 3. The molecule has 0 bridgehead atoms. The van der Waals surface area contributed by atoms with E-state index in [-0.39, 0.29) is 31.1 Å². The van der Waals surface area contributed by atoms with Crippen molar-refractivity contribution in [2.75, 3.05) is 13.2 Å². The normalized spacial score (nSPS) is 12.0. The molecule has 0 amide bonds. The first kappa shape index (κ1) is 64.4. The molecule has 0 unspecified atom stereocenters. The van der Waals surface area contributed by atoms with Crippen LogP contribution in [-0.2, 0) is 28.6 Å². The molecule has 0 N–H and O–H groups in total. The highest BCUT2D eigenvalue weighted by Gasteiger charge is 2.19. The second kappa shape index (κ2) is 54.4. The van der Waals surface area contributed by atoms with Crippen molar-refractivity contribution in [3.8, 4) is 0 Å². The van der Waals surface area contributed by atoms with E-state index in [1.54, 1.807) is 0 Å². The van der Waals surface area contributed by atoms with E-state index in [1.165, 1.54) is 238 Å². The van der Waals surface area contributed by atoms with Crippen molar-refractivity contribution in [2.24, 2.45) is 5.92 Å². The molecule has 392 valence electrons. The second-order valence-corrected chi connectivity index (χ2v) is 21.1. The minimum atomic E-state index is -0.762. The Morgan fingerprint density at radius 2 is 0.500 bits per heavy atom. The van der Waals surface area contributed by atoms with Gasteiger partial charge in [-0.2, -0.15) is 0 Å². The largest absolute Gasteiger partial charge is 0.462 e. The minimum Gasteiger partial charge on any atom is -0.462 e. The number of unbranched alkanes of at least 4 members (excludes halogenated alkanes) is 42. The van der Waals surface area contributed by atoms with Crippen LogP contribution < -0.4 is 0 Å². The monoisotopic (exact) mass is 933 g/mol. The first-order chi connectivity index (χ1) is 32.4. The van der Waals surface area contributed by atoms with Crippen molar-refractivity contribution in [3.05, 3.63) is 0 Å². The molecule has 6 heteroatoms. The van der Waals surface area contributed by atoms with Crippen LogP contribution in [0.5, 0.6) is 0 Å². The summed E-state index contributed by atoms with van der Waals surface area (Å²) in [5.74, 6) is -0.0402. The molecule has 0 saturated carbocycles. The van der Waals surface area contributed by atoms with Crippen molar-refractivity contribution in [1.29, 1.82) is 0 Å². The molecule has 0 aromatic rings. The maximum atomic E-state index is 12.9. The van der Waals surface area contributed by atoms with E-state index in [1.807, 2.05) is 0 Å². The topological polar surface area (TPSA) is 78.9 Å². The van der Waals surface area contributed by atoms with Gasteiger partial charge in [-0.1, -0.05) is 304 Å². The van der Waals surface area contributed by atoms with E-state index < -0.39 is 6.10 Å². The maximum Gasteiger partial charge on any atom is 0.306 e. The van der Waals surface area contributed by atoms with Gasteiger partial charge in [0, 0.05) is 19.3 Å². The highest BCUT2D eigenvalue weighted by atomic mass is 16.6. The fourth-order valence-corrected chi connectivity index (χ4v) is 9.28. The van der Waals surface area contributed by atoms with Crippen molar-refractivity contribution in [2.45, 2.75) is 348 Å². The summed E-state index contributed by atoms with van der Waals surface area (Å²) in [7, 11) is 0. The molecule has 0 saturated heterocycles. The van der Waals surface area contributed by atoms with E-state index in [2.05, 4.69) is 27.7 Å². The standard InChI is InChI=1S/C60H116O6/c1-5-7-9-11-13-15-17-19-21-23-25-27-29-31-33-35-41-45-49-53-60(63)66-57(55-65-59(62)52-48-44-40-37-36-38-42-46-50-56(3)4)54-64-58(61)51-47-43-39-34-32-30-28-26-24-22-20-18-16-14-12-10-8-6-2/h56-57H,5-55H2,1-4H3/t57-/m0/s1. The quantitative estimate of drug-likeness (QED) is 0.0343. The molecule has 0 aliphatic carbocycles. The maximum absolute atomic E-state index is 12.9. The highest BCUT2D eigenvalue weighted by molar-refractivity contribution is 5.71. The Hall–Kier alpha value is -1.59. The van der Waals surface area contributed by atoms with Gasteiger partial charge >= 0.3 is 17.9 Å². The molecule has 0 rings (SSSR count). The lowest BCUT2D eigenvalue weighted by Crippen LogP contribution is -2.30. The van der Waals surface area contributed by atoms with Gasteiger partial charge in [-0.05, 0) is 25.2 Å². The van der Waals surface area contributed by atoms with Crippen molar-refractivity contribution >= 4 is 17.9 Å². The van der Waals surface area contributed by atoms with Gasteiger partial charge in [0.25, 0.3) is 0 Å². The average Bonchev–Trinajstić information content (AvgIpc) is 3.30. The molecule has 0 aromatic heterocycles. The summed E-state index contributed by atoms with van der Waals surface area (Å²) < 4.78 is 16.9. The van der Waals surface area contributed by atoms with Gasteiger partial charge in [-0.3, -0.25) is 14.4 Å². The van der Waals surface area contributed by atoms with Crippen LogP contribution in [0.4, 0.5) is 0 Å². The van der Waals surface area contributed by atoms with E-state index in [9.17, 15) is 14.4 Å². The third-order valence-corrected chi connectivity index (χ3v) is 13.8. The fourth-order valence-electron chi connectivity index (χ4n) is 9.28. The predicted molar refractivity (Wildman–Crippen MR) is 284 cm³/mol. The van der Waals surface area contributed by atoms with Gasteiger partial charge < -0.3 is 14.2 Å². The summed E-state index contributed by atoms with van der Waals surface area (Å²) in [6.45, 7) is 9.03. The van der Waals surface area contributed by atoms with Gasteiger partial charge in [0.1, 0.15) is 13.2 Å². The van der Waals surface area contributed by atoms with Crippen LogP contribution in [0, 0.1) is 5.92 Å². The van der Waals surface area contributed by atoms with Gasteiger partial charge in [0.15, 0.2) is 6.10 Å². The zero-order valence-electron chi connectivity index (χ0n) is 45.2. The summed E-state index contributed by atoms with van der Waals surface area (Å²) in [5, 5.41) is 0. The molecular weight excluding hydrogens is 817 g/mol. The minimum absolute atomic E-state index is 0.0622. The number of ether oxygens (including phenoxy) is 3. The Labute approximate surface area is 412 Å². The van der Waals surface area contributed by atoms with Gasteiger partial charge in [-0.25, -0.2) is 0 Å². The Balaban J connectivity index is 4.24. The molecule has 0 aliphatic rings. The van der Waals surface area contributed by atoms with E-state index >= 15 is 0 Å². The highest BCUT2D eigenvalue weighted by Crippen LogP contribution is 2.18. The fraction of sp³-hybridized carbons (Fsp3) is 0.950. The molecule has 0 aliphatic heterocycles. The molecule has 1 atom stereocenters. The lowest BCUT2D eigenvalue weighted by molar-refractivity contribution is -0.167. The molecule has 0 spiro atoms. The molecule has 0 fully saturated rings. The number of hydrogen-bond donors (Lipinski definition) is 0. The first-order valence-electron chi connectivity index (χ1n) is 29.9.